The second-order valence-corrected chi connectivity index (χ2v) is 4.46. The highest BCUT2D eigenvalue weighted by Gasteiger charge is 2.09. The zero-order chi connectivity index (χ0) is 14.0. The molecule has 7 heteroatoms. The van der Waals surface area contributed by atoms with Crippen LogP contribution in [0.15, 0.2) is 40.3 Å². The van der Waals surface area contributed by atoms with E-state index in [0.29, 0.717) is 11.3 Å². The Morgan fingerprint density at radius 3 is 2.79 bits per heavy atom. The molecule has 0 amide bonds. The van der Waals surface area contributed by atoms with Crippen LogP contribution in [-0.2, 0) is 13.6 Å². The van der Waals surface area contributed by atoms with Crippen LogP contribution in [0.2, 0.25) is 0 Å². The number of hydrogen-bond acceptors (Lipinski definition) is 4. The van der Waals surface area contributed by atoms with Gasteiger partial charge >= 0.3 is 11.1 Å². The highest BCUT2D eigenvalue weighted by atomic mass is 32.1. The van der Waals surface area contributed by atoms with Gasteiger partial charge in [0.25, 0.3) is 0 Å². The molecule has 2 N–H and O–H groups in total. The van der Waals surface area contributed by atoms with E-state index >= 15 is 0 Å². The van der Waals surface area contributed by atoms with E-state index in [1.807, 2.05) is 0 Å². The van der Waals surface area contributed by atoms with Gasteiger partial charge in [-0.2, -0.15) is 0 Å². The quantitative estimate of drug-likeness (QED) is 0.610. The van der Waals surface area contributed by atoms with E-state index in [1.165, 1.54) is 22.4 Å². The third-order valence-corrected chi connectivity index (χ3v) is 2.89. The Morgan fingerprint density at radius 1 is 1.37 bits per heavy atom. The summed E-state index contributed by atoms with van der Waals surface area (Å²) in [7, 11) is 1.53. The standard InChI is InChI=1S/C12H12N4O2S/c1-15-5-6-16(12(18)11(15)17)7-8-3-2-4-14-9(8)10(13)19/h2-6H,7H2,1H3,(H2,13,19). The van der Waals surface area contributed by atoms with Gasteiger partial charge in [0.1, 0.15) is 10.7 Å². The van der Waals surface area contributed by atoms with Crippen LogP contribution in [0.3, 0.4) is 0 Å². The Bertz CT molecular complexity index is 748. The van der Waals surface area contributed by atoms with Crippen molar-refractivity contribution < 1.29 is 0 Å². The molecule has 19 heavy (non-hydrogen) atoms. The number of pyridine rings is 1. The molecule has 2 rings (SSSR count). The predicted octanol–water partition coefficient (Wildman–Crippen LogP) is -0.376. The maximum atomic E-state index is 11.8. The molecule has 0 spiro atoms. The lowest BCUT2D eigenvalue weighted by Crippen LogP contribution is -2.39. The van der Waals surface area contributed by atoms with Crippen LogP contribution in [-0.4, -0.2) is 19.1 Å². The molecule has 0 unspecified atom stereocenters. The highest BCUT2D eigenvalue weighted by Crippen LogP contribution is 2.06. The summed E-state index contributed by atoms with van der Waals surface area (Å²) in [5, 5.41) is 0. The number of aryl methyl sites for hydroxylation is 1. The van der Waals surface area contributed by atoms with Gasteiger partial charge in [0.2, 0.25) is 0 Å². The highest BCUT2D eigenvalue weighted by molar-refractivity contribution is 7.80. The van der Waals surface area contributed by atoms with Crippen LogP contribution in [0.4, 0.5) is 0 Å². The van der Waals surface area contributed by atoms with Crippen molar-refractivity contribution >= 4 is 17.2 Å². The van der Waals surface area contributed by atoms with E-state index in [9.17, 15) is 9.59 Å². The summed E-state index contributed by atoms with van der Waals surface area (Å²) in [6.45, 7) is 0.204. The maximum absolute atomic E-state index is 11.8. The predicted molar refractivity (Wildman–Crippen MR) is 75.2 cm³/mol. The maximum Gasteiger partial charge on any atom is 0.316 e. The number of nitrogens with two attached hydrogens (primary N) is 1. The van der Waals surface area contributed by atoms with Gasteiger partial charge in [-0.25, -0.2) is 0 Å². The Balaban J connectivity index is 2.49. The molecule has 0 aliphatic rings. The van der Waals surface area contributed by atoms with Gasteiger partial charge in [0.15, 0.2) is 0 Å². The van der Waals surface area contributed by atoms with Crippen molar-refractivity contribution in [2.45, 2.75) is 6.54 Å². The lowest BCUT2D eigenvalue weighted by Gasteiger charge is -2.09. The fraction of sp³-hybridized carbons (Fsp3) is 0.167. The molecule has 0 fully saturated rings. The van der Waals surface area contributed by atoms with Gasteiger partial charge in [0, 0.05) is 31.2 Å². The SMILES string of the molecule is Cn1ccn(Cc2cccnc2C(N)=S)c(=O)c1=O. The van der Waals surface area contributed by atoms with Gasteiger partial charge in [0.05, 0.1) is 6.54 Å². The van der Waals surface area contributed by atoms with Crippen LogP contribution in [0.1, 0.15) is 11.3 Å². The van der Waals surface area contributed by atoms with Crippen LogP contribution in [0, 0.1) is 0 Å². The summed E-state index contributed by atoms with van der Waals surface area (Å²) < 4.78 is 2.54. The van der Waals surface area contributed by atoms with E-state index < -0.39 is 11.1 Å². The smallest absolute Gasteiger partial charge is 0.316 e. The molecule has 0 aliphatic carbocycles. The van der Waals surface area contributed by atoms with Crippen molar-refractivity contribution in [3.63, 3.8) is 0 Å². The van der Waals surface area contributed by atoms with Crippen molar-refractivity contribution in [2.75, 3.05) is 0 Å². The van der Waals surface area contributed by atoms with Crippen LogP contribution < -0.4 is 16.9 Å². The first kappa shape index (κ1) is 13.2. The largest absolute Gasteiger partial charge is 0.388 e. The first-order valence-corrected chi connectivity index (χ1v) is 5.91. The third-order valence-electron chi connectivity index (χ3n) is 2.70. The molecule has 2 aromatic rings. The molecule has 98 valence electrons. The van der Waals surface area contributed by atoms with E-state index in [0.717, 1.165) is 0 Å². The van der Waals surface area contributed by atoms with Crippen LogP contribution in [0.5, 0.6) is 0 Å². The summed E-state index contributed by atoms with van der Waals surface area (Å²) in [6.07, 6.45) is 4.64. The summed E-state index contributed by atoms with van der Waals surface area (Å²) >= 11 is 4.91. The zero-order valence-electron chi connectivity index (χ0n) is 10.2. The van der Waals surface area contributed by atoms with Gasteiger partial charge in [-0.05, 0) is 6.07 Å². The zero-order valence-corrected chi connectivity index (χ0v) is 11.1. The first-order valence-electron chi connectivity index (χ1n) is 5.50. The van der Waals surface area contributed by atoms with Crippen molar-refractivity contribution in [2.24, 2.45) is 12.8 Å². The molecular formula is C12H12N4O2S. The fourth-order valence-electron chi connectivity index (χ4n) is 1.69. The van der Waals surface area contributed by atoms with Crippen LogP contribution in [0.25, 0.3) is 0 Å². The number of nitrogens with zero attached hydrogens (tertiary/aromatic N) is 3. The monoisotopic (exact) mass is 276 g/mol. The fourth-order valence-corrected chi connectivity index (χ4v) is 1.87. The third kappa shape index (κ3) is 2.60. The van der Waals surface area contributed by atoms with Crippen molar-refractivity contribution in [1.29, 1.82) is 0 Å². The van der Waals surface area contributed by atoms with E-state index in [4.69, 9.17) is 18.0 Å². The second kappa shape index (κ2) is 5.15. The molecule has 6 nitrogen and oxygen atoms in total. The Hall–Kier alpha value is -2.28. The molecule has 0 aliphatic heterocycles. The van der Waals surface area contributed by atoms with Crippen LogP contribution >= 0.6 is 12.2 Å². The van der Waals surface area contributed by atoms with Gasteiger partial charge in [-0.3, -0.25) is 14.6 Å². The molecular weight excluding hydrogens is 264 g/mol. The summed E-state index contributed by atoms with van der Waals surface area (Å²) in [6, 6.07) is 3.49. The van der Waals surface area contributed by atoms with Crippen molar-refractivity contribution in [3.8, 4) is 0 Å². The molecule has 2 heterocycles. The van der Waals surface area contributed by atoms with Gasteiger partial charge < -0.3 is 14.9 Å². The molecule has 0 saturated heterocycles. The van der Waals surface area contributed by atoms with E-state index in [2.05, 4.69) is 4.98 Å². The first-order chi connectivity index (χ1) is 9.00. The number of aromatic nitrogens is 3. The average Bonchev–Trinajstić information content (AvgIpc) is 2.40. The van der Waals surface area contributed by atoms with E-state index in [-0.39, 0.29) is 11.5 Å². The van der Waals surface area contributed by atoms with Crippen molar-refractivity contribution in [3.05, 3.63) is 62.7 Å². The Kier molecular flexibility index (Phi) is 3.57. The number of hydrogen-bond donors (Lipinski definition) is 1. The molecule has 2 aromatic heterocycles. The lowest BCUT2D eigenvalue weighted by molar-refractivity contribution is 0.693. The number of thiocarbonyl (C=S) groups is 1. The topological polar surface area (TPSA) is 82.9 Å². The Morgan fingerprint density at radius 2 is 2.11 bits per heavy atom. The van der Waals surface area contributed by atoms with Crippen molar-refractivity contribution in [1.82, 2.24) is 14.1 Å². The molecule has 0 aromatic carbocycles. The molecule has 0 saturated carbocycles. The van der Waals surface area contributed by atoms with Gasteiger partial charge in [-0.1, -0.05) is 18.3 Å². The average molecular weight is 276 g/mol. The minimum Gasteiger partial charge on any atom is -0.388 e. The minimum atomic E-state index is -0.595. The second-order valence-electron chi connectivity index (χ2n) is 4.02. The molecule has 0 bridgehead atoms. The minimum absolute atomic E-state index is 0.160. The van der Waals surface area contributed by atoms with E-state index in [1.54, 1.807) is 24.5 Å². The summed E-state index contributed by atoms with van der Waals surface area (Å²) in [5.74, 6) is 0. The number of rotatable bonds is 3. The summed E-state index contributed by atoms with van der Waals surface area (Å²) in [4.78, 5) is 27.6. The summed E-state index contributed by atoms with van der Waals surface area (Å²) in [5.41, 5.74) is 5.56. The Labute approximate surface area is 114 Å². The van der Waals surface area contributed by atoms with Gasteiger partial charge in [-0.15, -0.1) is 0 Å². The lowest BCUT2D eigenvalue weighted by atomic mass is 10.2. The molecule has 0 radical (unpaired) electrons. The normalized spacial score (nSPS) is 10.4. The molecule has 0 atom stereocenters.